The largest absolute Gasteiger partial charge is 0.497 e. The molecule has 1 heterocycles. The molecule has 0 aliphatic carbocycles. The van der Waals surface area contributed by atoms with Crippen LogP contribution in [0, 0.1) is 0 Å². The number of ether oxygens (including phenoxy) is 1. The van der Waals surface area contributed by atoms with Crippen LogP contribution in [0.4, 0.5) is 11.4 Å². The van der Waals surface area contributed by atoms with Crippen molar-refractivity contribution in [2.24, 2.45) is 0 Å². The van der Waals surface area contributed by atoms with Gasteiger partial charge in [0, 0.05) is 19.2 Å². The highest BCUT2D eigenvalue weighted by Gasteiger charge is 2.18. The number of nitrogens with zero attached hydrogens (tertiary/aromatic N) is 1. The van der Waals surface area contributed by atoms with Crippen LogP contribution in [0.25, 0.3) is 0 Å². The van der Waals surface area contributed by atoms with E-state index in [1.165, 1.54) is 19.3 Å². The Bertz CT molecular complexity index is 471. The van der Waals surface area contributed by atoms with Gasteiger partial charge >= 0.3 is 0 Å². The van der Waals surface area contributed by atoms with Crippen molar-refractivity contribution in [2.45, 2.75) is 31.6 Å². The highest BCUT2D eigenvalue weighted by Crippen LogP contribution is 2.32. The molecule has 1 aliphatic rings. The van der Waals surface area contributed by atoms with E-state index >= 15 is 0 Å². The smallest absolute Gasteiger partial charge is 0.242 e. The summed E-state index contributed by atoms with van der Waals surface area (Å²) in [5, 5.41) is 2.33. The molecule has 1 amide bonds. The first kappa shape index (κ1) is 15.0. The number of rotatable bonds is 4. The summed E-state index contributed by atoms with van der Waals surface area (Å²) in [6.45, 7) is 3.70. The summed E-state index contributed by atoms with van der Waals surface area (Å²) >= 11 is 5.83. The lowest BCUT2D eigenvalue weighted by Crippen LogP contribution is -2.31. The van der Waals surface area contributed by atoms with Crippen molar-refractivity contribution in [1.29, 1.82) is 0 Å². The van der Waals surface area contributed by atoms with E-state index in [-0.39, 0.29) is 5.91 Å². The Morgan fingerprint density at radius 1 is 1.35 bits per heavy atom. The molecule has 1 aromatic rings. The van der Waals surface area contributed by atoms with Crippen molar-refractivity contribution >= 4 is 28.9 Å². The van der Waals surface area contributed by atoms with Gasteiger partial charge in [0.25, 0.3) is 0 Å². The molecule has 20 heavy (non-hydrogen) atoms. The van der Waals surface area contributed by atoms with Crippen molar-refractivity contribution in [3.8, 4) is 5.75 Å². The van der Waals surface area contributed by atoms with Crippen LogP contribution in [0.5, 0.6) is 5.75 Å². The second-order valence-corrected chi connectivity index (χ2v) is 5.69. The molecule has 1 aliphatic heterocycles. The Morgan fingerprint density at radius 2 is 2.05 bits per heavy atom. The molecule has 110 valence electrons. The molecule has 1 saturated heterocycles. The van der Waals surface area contributed by atoms with E-state index in [0.717, 1.165) is 30.2 Å². The van der Waals surface area contributed by atoms with E-state index in [9.17, 15) is 4.79 Å². The number of carbonyl (C=O) groups excluding carboxylic acids is 1. The van der Waals surface area contributed by atoms with Crippen LogP contribution in [0.15, 0.2) is 18.2 Å². The molecule has 0 saturated carbocycles. The first-order valence-corrected chi connectivity index (χ1v) is 7.43. The second-order valence-electron chi connectivity index (χ2n) is 5.04. The van der Waals surface area contributed by atoms with Crippen LogP contribution in [-0.2, 0) is 4.79 Å². The zero-order chi connectivity index (χ0) is 14.5. The van der Waals surface area contributed by atoms with Gasteiger partial charge in [-0.2, -0.15) is 0 Å². The predicted molar refractivity (Wildman–Crippen MR) is 83.0 cm³/mol. The number of nitrogens with one attached hydrogen (secondary N) is 1. The molecule has 0 aromatic heterocycles. The quantitative estimate of drug-likeness (QED) is 0.867. The number of piperidine rings is 1. The molecule has 0 bridgehead atoms. The fourth-order valence-electron chi connectivity index (χ4n) is 2.38. The SMILES string of the molecule is COc1ccc(N2CCCCC2)c(NC(=O)[C@@H](C)Cl)c1. The third-order valence-electron chi connectivity index (χ3n) is 3.52. The molecule has 1 atom stereocenters. The second kappa shape index (κ2) is 6.84. The lowest BCUT2D eigenvalue weighted by molar-refractivity contribution is -0.115. The third kappa shape index (κ3) is 3.57. The van der Waals surface area contributed by atoms with Gasteiger partial charge in [-0.15, -0.1) is 11.6 Å². The van der Waals surface area contributed by atoms with E-state index < -0.39 is 5.38 Å². The molecule has 0 radical (unpaired) electrons. The fourth-order valence-corrected chi connectivity index (χ4v) is 2.44. The zero-order valence-electron chi connectivity index (χ0n) is 12.0. The number of halogens is 1. The number of amides is 1. The van der Waals surface area contributed by atoms with Gasteiger partial charge in [-0.25, -0.2) is 0 Å². The molecule has 1 N–H and O–H groups in total. The average molecular weight is 297 g/mol. The summed E-state index contributed by atoms with van der Waals surface area (Å²) in [5.41, 5.74) is 1.81. The van der Waals surface area contributed by atoms with E-state index in [4.69, 9.17) is 16.3 Å². The molecule has 5 heteroatoms. The van der Waals surface area contributed by atoms with Gasteiger partial charge in [0.1, 0.15) is 11.1 Å². The lowest BCUT2D eigenvalue weighted by atomic mass is 10.1. The predicted octanol–water partition coefficient (Wildman–Crippen LogP) is 3.25. The summed E-state index contributed by atoms with van der Waals surface area (Å²) in [7, 11) is 1.62. The summed E-state index contributed by atoms with van der Waals surface area (Å²) in [6, 6.07) is 5.77. The summed E-state index contributed by atoms with van der Waals surface area (Å²) in [6.07, 6.45) is 3.64. The van der Waals surface area contributed by atoms with Crippen molar-refractivity contribution in [2.75, 3.05) is 30.4 Å². The molecule has 0 spiro atoms. The van der Waals surface area contributed by atoms with Crippen molar-refractivity contribution in [1.82, 2.24) is 0 Å². The number of anilines is 2. The zero-order valence-corrected chi connectivity index (χ0v) is 12.7. The third-order valence-corrected chi connectivity index (χ3v) is 3.72. The fraction of sp³-hybridized carbons (Fsp3) is 0.533. The van der Waals surface area contributed by atoms with Crippen molar-refractivity contribution < 1.29 is 9.53 Å². The van der Waals surface area contributed by atoms with Crippen molar-refractivity contribution in [3.05, 3.63) is 18.2 Å². The maximum Gasteiger partial charge on any atom is 0.242 e. The monoisotopic (exact) mass is 296 g/mol. The van der Waals surface area contributed by atoms with Gasteiger partial charge in [0.15, 0.2) is 0 Å². The lowest BCUT2D eigenvalue weighted by Gasteiger charge is -2.30. The molecule has 2 rings (SSSR count). The Hall–Kier alpha value is -1.42. The normalized spacial score (nSPS) is 16.6. The first-order chi connectivity index (χ1) is 9.61. The Balaban J connectivity index is 2.26. The average Bonchev–Trinajstić information content (AvgIpc) is 2.48. The number of benzene rings is 1. The number of hydrogen-bond acceptors (Lipinski definition) is 3. The van der Waals surface area contributed by atoms with Crippen LogP contribution < -0.4 is 15.0 Å². The van der Waals surface area contributed by atoms with Gasteiger partial charge in [-0.1, -0.05) is 0 Å². The molecule has 1 fully saturated rings. The Kier molecular flexibility index (Phi) is 5.12. The first-order valence-electron chi connectivity index (χ1n) is 6.99. The standard InChI is InChI=1S/C15H21ClN2O2/c1-11(16)15(19)17-13-10-12(20-2)6-7-14(13)18-8-4-3-5-9-18/h6-7,10-11H,3-5,8-9H2,1-2H3,(H,17,19)/t11-/m1/s1. The van der Waals surface area contributed by atoms with Gasteiger partial charge in [-0.3, -0.25) is 4.79 Å². The maximum atomic E-state index is 11.8. The number of carbonyl (C=O) groups is 1. The van der Waals surface area contributed by atoms with Crippen LogP contribution >= 0.6 is 11.6 Å². The van der Waals surface area contributed by atoms with E-state index in [1.54, 1.807) is 14.0 Å². The minimum absolute atomic E-state index is 0.196. The highest BCUT2D eigenvalue weighted by molar-refractivity contribution is 6.32. The van der Waals surface area contributed by atoms with Gasteiger partial charge in [0.2, 0.25) is 5.91 Å². The molecule has 1 aromatic carbocycles. The number of alkyl halides is 1. The summed E-state index contributed by atoms with van der Waals surface area (Å²) in [4.78, 5) is 14.1. The van der Waals surface area contributed by atoms with Crippen LogP contribution in [-0.4, -0.2) is 31.5 Å². The van der Waals surface area contributed by atoms with Gasteiger partial charge in [-0.05, 0) is 38.3 Å². The Morgan fingerprint density at radius 3 is 2.65 bits per heavy atom. The van der Waals surface area contributed by atoms with Gasteiger partial charge < -0.3 is 15.0 Å². The molecular formula is C15H21ClN2O2. The topological polar surface area (TPSA) is 41.6 Å². The molecular weight excluding hydrogens is 276 g/mol. The van der Waals surface area contributed by atoms with Crippen LogP contribution in [0.1, 0.15) is 26.2 Å². The summed E-state index contributed by atoms with van der Waals surface area (Å²) in [5.74, 6) is 0.529. The summed E-state index contributed by atoms with van der Waals surface area (Å²) < 4.78 is 5.24. The minimum Gasteiger partial charge on any atom is -0.497 e. The van der Waals surface area contributed by atoms with E-state index in [2.05, 4.69) is 10.2 Å². The minimum atomic E-state index is -0.560. The van der Waals surface area contributed by atoms with E-state index in [0.29, 0.717) is 0 Å². The highest BCUT2D eigenvalue weighted by atomic mass is 35.5. The number of methoxy groups -OCH3 is 1. The number of hydrogen-bond donors (Lipinski definition) is 1. The molecule has 0 unspecified atom stereocenters. The van der Waals surface area contributed by atoms with Crippen molar-refractivity contribution in [3.63, 3.8) is 0 Å². The molecule has 4 nitrogen and oxygen atoms in total. The van der Waals surface area contributed by atoms with Crippen LogP contribution in [0.2, 0.25) is 0 Å². The van der Waals surface area contributed by atoms with E-state index in [1.807, 2.05) is 18.2 Å². The maximum absolute atomic E-state index is 11.8. The van der Waals surface area contributed by atoms with Gasteiger partial charge in [0.05, 0.1) is 18.5 Å². The Labute approximate surface area is 125 Å². The van der Waals surface area contributed by atoms with Crippen LogP contribution in [0.3, 0.4) is 0 Å².